The zero-order chi connectivity index (χ0) is 13.9. The van der Waals surface area contributed by atoms with Crippen molar-refractivity contribution in [2.24, 2.45) is 0 Å². The second kappa shape index (κ2) is 5.08. The van der Waals surface area contributed by atoms with Gasteiger partial charge in [-0.1, -0.05) is 0 Å². The Morgan fingerprint density at radius 1 is 0.950 bits per heavy atom. The lowest BCUT2D eigenvalue weighted by molar-refractivity contribution is 0.366. The maximum Gasteiger partial charge on any atom is 0.226 e. The first-order valence-corrected chi connectivity index (χ1v) is 5.99. The zero-order valence-corrected chi connectivity index (χ0v) is 11.1. The molecule has 3 aromatic heterocycles. The van der Waals surface area contributed by atoms with Crippen molar-refractivity contribution in [3.63, 3.8) is 0 Å². The maximum atomic E-state index is 5.28. The fourth-order valence-electron chi connectivity index (χ4n) is 1.87. The van der Waals surface area contributed by atoms with Crippen LogP contribution in [-0.4, -0.2) is 34.2 Å². The number of hydrogen-bond donors (Lipinski definition) is 0. The molecule has 0 saturated carbocycles. The van der Waals surface area contributed by atoms with Crippen LogP contribution in [0.2, 0.25) is 0 Å². The molecule has 0 unspecified atom stereocenters. The summed E-state index contributed by atoms with van der Waals surface area (Å²) < 4.78 is 10.4. The molecule has 0 radical (unpaired) electrons. The van der Waals surface area contributed by atoms with E-state index in [-0.39, 0.29) is 0 Å². The monoisotopic (exact) mass is 268 g/mol. The van der Waals surface area contributed by atoms with Crippen LogP contribution in [0.3, 0.4) is 0 Å². The highest BCUT2D eigenvalue weighted by Gasteiger charge is 2.11. The molecule has 20 heavy (non-hydrogen) atoms. The standard InChI is InChI=1S/C14H12N4O2/c1-19-12-6-5-9(14(18-12)20-2)11-8-16-10-4-3-7-15-13(10)17-11/h3-8H,1-2H3. The fraction of sp³-hybridized carbons (Fsp3) is 0.143. The van der Waals surface area contributed by atoms with E-state index < -0.39 is 0 Å². The highest BCUT2D eigenvalue weighted by atomic mass is 16.5. The van der Waals surface area contributed by atoms with Crippen LogP contribution in [0, 0.1) is 0 Å². The Bertz CT molecular complexity index is 761. The largest absolute Gasteiger partial charge is 0.481 e. The summed E-state index contributed by atoms with van der Waals surface area (Å²) in [6.45, 7) is 0. The molecule has 3 aromatic rings. The van der Waals surface area contributed by atoms with Gasteiger partial charge in [0.25, 0.3) is 0 Å². The number of hydrogen-bond acceptors (Lipinski definition) is 6. The number of rotatable bonds is 3. The minimum atomic E-state index is 0.439. The third-order valence-electron chi connectivity index (χ3n) is 2.83. The van der Waals surface area contributed by atoms with Gasteiger partial charge in [-0.3, -0.25) is 4.98 Å². The van der Waals surface area contributed by atoms with Crippen molar-refractivity contribution in [2.45, 2.75) is 0 Å². The Balaban J connectivity index is 2.14. The smallest absolute Gasteiger partial charge is 0.226 e. The molecule has 0 aliphatic rings. The van der Waals surface area contributed by atoms with E-state index >= 15 is 0 Å². The van der Waals surface area contributed by atoms with E-state index in [4.69, 9.17) is 9.47 Å². The Kier molecular flexibility index (Phi) is 3.12. The van der Waals surface area contributed by atoms with Gasteiger partial charge in [-0.05, 0) is 18.2 Å². The van der Waals surface area contributed by atoms with Crippen molar-refractivity contribution in [2.75, 3.05) is 14.2 Å². The molecule has 3 heterocycles. The summed E-state index contributed by atoms with van der Waals surface area (Å²) in [5, 5.41) is 0. The van der Waals surface area contributed by atoms with E-state index in [0.717, 1.165) is 11.1 Å². The van der Waals surface area contributed by atoms with Crippen molar-refractivity contribution >= 4 is 11.2 Å². The second-order valence-electron chi connectivity index (χ2n) is 4.01. The average Bonchev–Trinajstić information content (AvgIpc) is 2.53. The molecule has 0 aliphatic carbocycles. The fourth-order valence-corrected chi connectivity index (χ4v) is 1.87. The van der Waals surface area contributed by atoms with Gasteiger partial charge in [-0.15, -0.1) is 0 Å². The minimum Gasteiger partial charge on any atom is -0.481 e. The number of nitrogens with zero attached hydrogens (tertiary/aromatic N) is 4. The molecule has 0 saturated heterocycles. The van der Waals surface area contributed by atoms with Crippen LogP contribution >= 0.6 is 0 Å². The molecule has 100 valence electrons. The van der Waals surface area contributed by atoms with Gasteiger partial charge in [0.1, 0.15) is 5.52 Å². The van der Waals surface area contributed by atoms with E-state index in [1.54, 1.807) is 32.7 Å². The Labute approximate surface area is 115 Å². The van der Waals surface area contributed by atoms with Gasteiger partial charge in [-0.25, -0.2) is 9.97 Å². The first-order chi connectivity index (χ1) is 9.81. The lowest BCUT2D eigenvalue weighted by Gasteiger charge is -2.08. The Morgan fingerprint density at radius 3 is 2.65 bits per heavy atom. The van der Waals surface area contributed by atoms with Gasteiger partial charge in [0.05, 0.1) is 31.7 Å². The van der Waals surface area contributed by atoms with Gasteiger partial charge >= 0.3 is 0 Å². The number of methoxy groups -OCH3 is 2. The summed E-state index contributed by atoms with van der Waals surface area (Å²) in [7, 11) is 3.11. The van der Waals surface area contributed by atoms with Crippen LogP contribution in [0.1, 0.15) is 0 Å². The van der Waals surface area contributed by atoms with E-state index in [0.29, 0.717) is 23.1 Å². The summed E-state index contributed by atoms with van der Waals surface area (Å²) in [4.78, 5) is 17.2. The van der Waals surface area contributed by atoms with Crippen LogP contribution in [0.15, 0.2) is 36.7 Å². The summed E-state index contributed by atoms with van der Waals surface area (Å²) in [6.07, 6.45) is 3.36. The quantitative estimate of drug-likeness (QED) is 0.724. The Morgan fingerprint density at radius 2 is 1.85 bits per heavy atom. The molecule has 0 aliphatic heterocycles. The summed E-state index contributed by atoms with van der Waals surface area (Å²) >= 11 is 0. The minimum absolute atomic E-state index is 0.439. The molecule has 0 spiro atoms. The topological polar surface area (TPSA) is 70.0 Å². The molecule has 6 nitrogen and oxygen atoms in total. The van der Waals surface area contributed by atoms with Crippen LogP contribution in [0.25, 0.3) is 22.4 Å². The van der Waals surface area contributed by atoms with Crippen molar-refractivity contribution in [3.05, 3.63) is 36.7 Å². The zero-order valence-electron chi connectivity index (χ0n) is 11.1. The van der Waals surface area contributed by atoms with Crippen molar-refractivity contribution in [1.29, 1.82) is 0 Å². The summed E-state index contributed by atoms with van der Waals surface area (Å²) in [5.74, 6) is 0.923. The van der Waals surface area contributed by atoms with Gasteiger partial charge < -0.3 is 9.47 Å². The van der Waals surface area contributed by atoms with E-state index in [1.807, 2.05) is 18.2 Å². The van der Waals surface area contributed by atoms with Crippen molar-refractivity contribution in [3.8, 4) is 23.0 Å². The average molecular weight is 268 g/mol. The maximum absolute atomic E-state index is 5.28. The van der Waals surface area contributed by atoms with Crippen LogP contribution < -0.4 is 9.47 Å². The lowest BCUT2D eigenvalue weighted by atomic mass is 10.2. The molecule has 6 heteroatoms. The molecule has 0 atom stereocenters. The van der Waals surface area contributed by atoms with E-state index in [2.05, 4.69) is 19.9 Å². The number of fused-ring (bicyclic) bond motifs is 1. The highest BCUT2D eigenvalue weighted by Crippen LogP contribution is 2.29. The molecular formula is C14H12N4O2. The first kappa shape index (κ1) is 12.3. The molecule has 3 rings (SSSR count). The molecule has 0 aromatic carbocycles. The van der Waals surface area contributed by atoms with Gasteiger partial charge in [0, 0.05) is 12.3 Å². The predicted molar refractivity (Wildman–Crippen MR) is 73.7 cm³/mol. The summed E-state index contributed by atoms with van der Waals surface area (Å²) in [5.41, 5.74) is 2.73. The number of pyridine rings is 2. The van der Waals surface area contributed by atoms with Crippen LogP contribution in [0.4, 0.5) is 0 Å². The lowest BCUT2D eigenvalue weighted by Crippen LogP contribution is -1.97. The third-order valence-corrected chi connectivity index (χ3v) is 2.83. The van der Waals surface area contributed by atoms with Gasteiger partial charge in [-0.2, -0.15) is 4.98 Å². The molecule has 0 amide bonds. The van der Waals surface area contributed by atoms with Crippen molar-refractivity contribution < 1.29 is 9.47 Å². The van der Waals surface area contributed by atoms with Gasteiger partial charge in [0.2, 0.25) is 11.8 Å². The normalized spacial score (nSPS) is 10.5. The molecule has 0 fully saturated rings. The predicted octanol–water partition coefficient (Wildman–Crippen LogP) is 2.10. The Hall–Kier alpha value is -2.76. The second-order valence-corrected chi connectivity index (χ2v) is 4.01. The highest BCUT2D eigenvalue weighted by molar-refractivity contribution is 5.74. The van der Waals surface area contributed by atoms with Gasteiger partial charge in [0.15, 0.2) is 5.65 Å². The molecule has 0 bridgehead atoms. The third kappa shape index (κ3) is 2.11. The van der Waals surface area contributed by atoms with Crippen LogP contribution in [0.5, 0.6) is 11.8 Å². The SMILES string of the molecule is COc1ccc(-c2cnc3cccnc3n2)c(OC)n1. The molecular weight excluding hydrogens is 256 g/mol. The van der Waals surface area contributed by atoms with Crippen molar-refractivity contribution in [1.82, 2.24) is 19.9 Å². The van der Waals surface area contributed by atoms with Crippen LogP contribution in [-0.2, 0) is 0 Å². The first-order valence-electron chi connectivity index (χ1n) is 5.99. The molecule has 0 N–H and O–H groups in total. The van der Waals surface area contributed by atoms with E-state index in [9.17, 15) is 0 Å². The number of ether oxygens (including phenoxy) is 2. The summed E-state index contributed by atoms with van der Waals surface area (Å²) in [6, 6.07) is 7.28. The van der Waals surface area contributed by atoms with E-state index in [1.165, 1.54) is 0 Å². The number of aromatic nitrogens is 4.